The number of amides is 1. The summed E-state index contributed by atoms with van der Waals surface area (Å²) in [5.74, 6) is -0.110. The highest BCUT2D eigenvalue weighted by Gasteiger charge is 2.11. The Kier molecular flexibility index (Phi) is 3.16. The summed E-state index contributed by atoms with van der Waals surface area (Å²) in [6.45, 7) is 2.31. The fourth-order valence-corrected chi connectivity index (χ4v) is 2.15. The summed E-state index contributed by atoms with van der Waals surface area (Å²) >= 11 is 0. The SMILES string of the molecule is Cc1cc(C(=O)NCc2ccn[nH]2)c2ccccc2n1. The van der Waals surface area contributed by atoms with Gasteiger partial charge in [0.25, 0.3) is 5.91 Å². The van der Waals surface area contributed by atoms with E-state index >= 15 is 0 Å². The summed E-state index contributed by atoms with van der Waals surface area (Å²) in [6, 6.07) is 11.3. The molecule has 0 spiro atoms. The molecule has 5 heteroatoms. The lowest BCUT2D eigenvalue weighted by atomic mass is 10.1. The molecule has 0 atom stereocenters. The van der Waals surface area contributed by atoms with Gasteiger partial charge in [-0.15, -0.1) is 0 Å². The van der Waals surface area contributed by atoms with Crippen LogP contribution in [-0.4, -0.2) is 21.1 Å². The Hall–Kier alpha value is -2.69. The average molecular weight is 266 g/mol. The second-order valence-corrected chi connectivity index (χ2v) is 4.59. The number of hydrogen-bond donors (Lipinski definition) is 2. The molecule has 2 aromatic heterocycles. The molecule has 2 N–H and O–H groups in total. The van der Waals surface area contributed by atoms with Gasteiger partial charge in [0.05, 0.1) is 23.3 Å². The fraction of sp³-hybridized carbons (Fsp3) is 0.133. The minimum Gasteiger partial charge on any atom is -0.346 e. The molecule has 0 bridgehead atoms. The predicted octanol–water partition coefficient (Wildman–Crippen LogP) is 2.20. The van der Waals surface area contributed by atoms with Gasteiger partial charge in [-0.05, 0) is 25.1 Å². The number of carbonyl (C=O) groups is 1. The summed E-state index contributed by atoms with van der Waals surface area (Å²) in [5, 5.41) is 10.4. The smallest absolute Gasteiger partial charge is 0.252 e. The highest BCUT2D eigenvalue weighted by Crippen LogP contribution is 2.18. The van der Waals surface area contributed by atoms with Crippen LogP contribution in [0.4, 0.5) is 0 Å². The zero-order chi connectivity index (χ0) is 13.9. The van der Waals surface area contributed by atoms with E-state index in [0.717, 1.165) is 22.3 Å². The maximum atomic E-state index is 12.3. The van der Waals surface area contributed by atoms with Crippen molar-refractivity contribution in [3.63, 3.8) is 0 Å². The third kappa shape index (κ3) is 2.38. The summed E-state index contributed by atoms with van der Waals surface area (Å²) in [6.07, 6.45) is 1.66. The summed E-state index contributed by atoms with van der Waals surface area (Å²) in [7, 11) is 0. The van der Waals surface area contributed by atoms with Crippen LogP contribution in [0.2, 0.25) is 0 Å². The lowest BCUT2D eigenvalue weighted by Crippen LogP contribution is -2.23. The molecule has 0 unspecified atom stereocenters. The van der Waals surface area contributed by atoms with Crippen LogP contribution < -0.4 is 5.32 Å². The Labute approximate surface area is 116 Å². The quantitative estimate of drug-likeness (QED) is 0.763. The third-order valence-electron chi connectivity index (χ3n) is 3.09. The van der Waals surface area contributed by atoms with Gasteiger partial charge in [0, 0.05) is 17.3 Å². The number of aromatic nitrogens is 3. The van der Waals surface area contributed by atoms with E-state index in [1.54, 1.807) is 6.20 Å². The number of para-hydroxylation sites is 1. The van der Waals surface area contributed by atoms with Crippen LogP contribution in [0.1, 0.15) is 21.7 Å². The Morgan fingerprint density at radius 1 is 1.30 bits per heavy atom. The number of hydrogen-bond acceptors (Lipinski definition) is 3. The number of aromatic amines is 1. The van der Waals surface area contributed by atoms with Gasteiger partial charge < -0.3 is 5.32 Å². The number of fused-ring (bicyclic) bond motifs is 1. The number of pyridine rings is 1. The van der Waals surface area contributed by atoms with Crippen molar-refractivity contribution in [2.75, 3.05) is 0 Å². The van der Waals surface area contributed by atoms with Crippen molar-refractivity contribution in [1.29, 1.82) is 0 Å². The van der Waals surface area contributed by atoms with Crippen molar-refractivity contribution in [2.45, 2.75) is 13.5 Å². The monoisotopic (exact) mass is 266 g/mol. The first kappa shape index (κ1) is 12.3. The van der Waals surface area contributed by atoms with Gasteiger partial charge in [-0.25, -0.2) is 0 Å². The Morgan fingerprint density at radius 3 is 2.95 bits per heavy atom. The summed E-state index contributed by atoms with van der Waals surface area (Å²) in [5.41, 5.74) is 3.18. The standard InChI is InChI=1S/C15H14N4O/c1-10-8-13(12-4-2-3-5-14(12)18-10)15(20)16-9-11-6-7-17-19-11/h2-8H,9H2,1H3,(H,16,20)(H,17,19). The van der Waals surface area contributed by atoms with Crippen LogP contribution >= 0.6 is 0 Å². The first-order valence-electron chi connectivity index (χ1n) is 6.37. The minimum absolute atomic E-state index is 0.110. The average Bonchev–Trinajstić information content (AvgIpc) is 2.97. The van der Waals surface area contributed by atoms with Crippen molar-refractivity contribution in [2.24, 2.45) is 0 Å². The molecular weight excluding hydrogens is 252 g/mol. The molecule has 0 saturated carbocycles. The first-order valence-corrected chi connectivity index (χ1v) is 6.37. The molecule has 3 aromatic rings. The molecule has 1 aromatic carbocycles. The fourth-order valence-electron chi connectivity index (χ4n) is 2.15. The van der Waals surface area contributed by atoms with Crippen molar-refractivity contribution in [1.82, 2.24) is 20.5 Å². The number of nitrogens with one attached hydrogen (secondary N) is 2. The molecule has 20 heavy (non-hydrogen) atoms. The second-order valence-electron chi connectivity index (χ2n) is 4.59. The lowest BCUT2D eigenvalue weighted by molar-refractivity contribution is 0.0952. The number of aryl methyl sites for hydroxylation is 1. The van der Waals surface area contributed by atoms with Gasteiger partial charge in [0.15, 0.2) is 0 Å². The molecule has 0 aliphatic rings. The van der Waals surface area contributed by atoms with Crippen molar-refractivity contribution in [3.8, 4) is 0 Å². The predicted molar refractivity (Wildman–Crippen MR) is 76.2 cm³/mol. The van der Waals surface area contributed by atoms with Gasteiger partial charge in [0.2, 0.25) is 0 Å². The van der Waals surface area contributed by atoms with E-state index in [2.05, 4.69) is 20.5 Å². The van der Waals surface area contributed by atoms with Crippen LogP contribution in [0, 0.1) is 6.92 Å². The zero-order valence-electron chi connectivity index (χ0n) is 11.1. The number of H-pyrrole nitrogens is 1. The molecule has 0 aliphatic heterocycles. The van der Waals surface area contributed by atoms with E-state index in [0.29, 0.717) is 12.1 Å². The zero-order valence-corrected chi connectivity index (χ0v) is 11.1. The van der Waals surface area contributed by atoms with E-state index in [4.69, 9.17) is 0 Å². The number of rotatable bonds is 3. The highest BCUT2D eigenvalue weighted by molar-refractivity contribution is 6.06. The normalized spacial score (nSPS) is 10.7. The van der Waals surface area contributed by atoms with Crippen LogP contribution in [0.15, 0.2) is 42.6 Å². The largest absolute Gasteiger partial charge is 0.346 e. The lowest BCUT2D eigenvalue weighted by Gasteiger charge is -2.08. The number of benzene rings is 1. The first-order chi connectivity index (χ1) is 9.74. The molecule has 5 nitrogen and oxygen atoms in total. The molecular formula is C15H14N4O. The topological polar surface area (TPSA) is 70.7 Å². The third-order valence-corrected chi connectivity index (χ3v) is 3.09. The van der Waals surface area contributed by atoms with Crippen LogP contribution in [-0.2, 0) is 6.54 Å². The maximum absolute atomic E-state index is 12.3. The second kappa shape index (κ2) is 5.13. The van der Waals surface area contributed by atoms with Gasteiger partial charge in [-0.2, -0.15) is 5.10 Å². The van der Waals surface area contributed by atoms with Crippen molar-refractivity contribution < 1.29 is 4.79 Å². The van der Waals surface area contributed by atoms with Crippen LogP contribution in [0.25, 0.3) is 10.9 Å². The molecule has 2 heterocycles. The molecule has 0 radical (unpaired) electrons. The van der Waals surface area contributed by atoms with Crippen LogP contribution in [0.3, 0.4) is 0 Å². The van der Waals surface area contributed by atoms with Gasteiger partial charge in [-0.1, -0.05) is 18.2 Å². The maximum Gasteiger partial charge on any atom is 0.252 e. The van der Waals surface area contributed by atoms with E-state index in [1.165, 1.54) is 0 Å². The molecule has 1 amide bonds. The minimum atomic E-state index is -0.110. The van der Waals surface area contributed by atoms with Gasteiger partial charge >= 0.3 is 0 Å². The van der Waals surface area contributed by atoms with Crippen molar-refractivity contribution >= 4 is 16.8 Å². The number of carbonyl (C=O) groups excluding carboxylic acids is 1. The molecule has 3 rings (SSSR count). The van der Waals surface area contributed by atoms with E-state index in [9.17, 15) is 4.79 Å². The van der Waals surface area contributed by atoms with Gasteiger partial charge in [0.1, 0.15) is 0 Å². The van der Waals surface area contributed by atoms with E-state index < -0.39 is 0 Å². The Balaban J connectivity index is 1.90. The molecule has 0 aliphatic carbocycles. The Bertz CT molecular complexity index is 750. The number of nitrogens with zero attached hydrogens (tertiary/aromatic N) is 2. The molecule has 0 saturated heterocycles. The molecule has 100 valence electrons. The van der Waals surface area contributed by atoms with E-state index in [1.807, 2.05) is 43.3 Å². The van der Waals surface area contributed by atoms with Crippen molar-refractivity contribution in [3.05, 3.63) is 59.5 Å². The highest BCUT2D eigenvalue weighted by atomic mass is 16.1. The summed E-state index contributed by atoms with van der Waals surface area (Å²) in [4.78, 5) is 16.8. The van der Waals surface area contributed by atoms with Gasteiger partial charge in [-0.3, -0.25) is 14.9 Å². The van der Waals surface area contributed by atoms with E-state index in [-0.39, 0.29) is 5.91 Å². The van der Waals surface area contributed by atoms with Crippen LogP contribution in [0.5, 0.6) is 0 Å². The summed E-state index contributed by atoms with van der Waals surface area (Å²) < 4.78 is 0. The molecule has 0 fully saturated rings. The Morgan fingerprint density at radius 2 is 2.15 bits per heavy atom.